The maximum Gasteiger partial charge on any atom is 0.00695 e. The van der Waals surface area contributed by atoms with E-state index in [4.69, 9.17) is 0 Å². The Morgan fingerprint density at radius 1 is 0.500 bits per heavy atom. The van der Waals surface area contributed by atoms with Crippen molar-refractivity contribution in [2.24, 2.45) is 0 Å². The summed E-state index contributed by atoms with van der Waals surface area (Å²) in [6, 6.07) is 17.4. The SMILES string of the molecule is CC.CC.CSc1ccc(-c2ccc(SC)cc2)cc1. The van der Waals surface area contributed by atoms with Gasteiger partial charge in [-0.2, -0.15) is 0 Å². The summed E-state index contributed by atoms with van der Waals surface area (Å²) in [5, 5.41) is 0. The minimum absolute atomic E-state index is 1.28. The van der Waals surface area contributed by atoms with Crippen molar-refractivity contribution in [1.82, 2.24) is 0 Å². The monoisotopic (exact) mass is 306 g/mol. The predicted molar refractivity (Wildman–Crippen MR) is 98.1 cm³/mol. The molecule has 0 aliphatic heterocycles. The van der Waals surface area contributed by atoms with E-state index in [1.165, 1.54) is 20.9 Å². The zero-order chi connectivity index (χ0) is 15.4. The van der Waals surface area contributed by atoms with E-state index in [2.05, 4.69) is 61.0 Å². The molecule has 2 aromatic rings. The van der Waals surface area contributed by atoms with Crippen LogP contribution in [0.3, 0.4) is 0 Å². The van der Waals surface area contributed by atoms with E-state index in [0.29, 0.717) is 0 Å². The molecule has 2 aromatic carbocycles. The molecule has 0 N–H and O–H groups in total. The van der Waals surface area contributed by atoms with Crippen LogP contribution in [-0.4, -0.2) is 12.5 Å². The molecule has 20 heavy (non-hydrogen) atoms. The molecular weight excluding hydrogens is 280 g/mol. The van der Waals surface area contributed by atoms with Gasteiger partial charge in [0.1, 0.15) is 0 Å². The van der Waals surface area contributed by atoms with Gasteiger partial charge in [-0.1, -0.05) is 52.0 Å². The maximum atomic E-state index is 2.18. The summed E-state index contributed by atoms with van der Waals surface area (Å²) in [5.41, 5.74) is 2.57. The van der Waals surface area contributed by atoms with Crippen LogP contribution in [0.5, 0.6) is 0 Å². The van der Waals surface area contributed by atoms with Crippen LogP contribution >= 0.6 is 23.5 Å². The van der Waals surface area contributed by atoms with Crippen molar-refractivity contribution in [2.75, 3.05) is 12.5 Å². The molecule has 2 rings (SSSR count). The zero-order valence-corrected chi connectivity index (χ0v) is 15.1. The molecule has 0 aromatic heterocycles. The Labute approximate surface area is 133 Å². The molecule has 2 heteroatoms. The third-order valence-corrected chi connectivity index (χ3v) is 4.00. The molecule has 0 saturated heterocycles. The minimum atomic E-state index is 1.28. The van der Waals surface area contributed by atoms with Gasteiger partial charge >= 0.3 is 0 Å². The molecule has 0 atom stereocenters. The second-order valence-electron chi connectivity index (χ2n) is 3.46. The van der Waals surface area contributed by atoms with E-state index in [1.54, 1.807) is 23.5 Å². The maximum absolute atomic E-state index is 2.18. The summed E-state index contributed by atoms with van der Waals surface area (Å²) in [6.45, 7) is 8.00. The molecule has 0 fully saturated rings. The van der Waals surface area contributed by atoms with Gasteiger partial charge in [-0.25, -0.2) is 0 Å². The Hall–Kier alpha value is -0.860. The first-order chi connectivity index (χ1) is 9.83. The van der Waals surface area contributed by atoms with Gasteiger partial charge in [0.05, 0.1) is 0 Å². The van der Waals surface area contributed by atoms with Gasteiger partial charge in [0.2, 0.25) is 0 Å². The van der Waals surface area contributed by atoms with Gasteiger partial charge in [-0.15, -0.1) is 23.5 Å². The van der Waals surface area contributed by atoms with Crippen molar-refractivity contribution in [3.8, 4) is 11.1 Å². The highest BCUT2D eigenvalue weighted by Crippen LogP contribution is 2.25. The van der Waals surface area contributed by atoms with Gasteiger partial charge in [0.25, 0.3) is 0 Å². The van der Waals surface area contributed by atoms with Crippen molar-refractivity contribution in [3.05, 3.63) is 48.5 Å². The number of rotatable bonds is 3. The predicted octanol–water partition coefficient (Wildman–Crippen LogP) is 6.85. The quantitative estimate of drug-likeness (QED) is 0.569. The Kier molecular flexibility index (Phi) is 11.4. The van der Waals surface area contributed by atoms with E-state index < -0.39 is 0 Å². The highest BCUT2D eigenvalue weighted by molar-refractivity contribution is 7.98. The van der Waals surface area contributed by atoms with Gasteiger partial charge in [0.15, 0.2) is 0 Å². The van der Waals surface area contributed by atoms with E-state index in [1.807, 2.05) is 27.7 Å². The summed E-state index contributed by atoms with van der Waals surface area (Å²) >= 11 is 3.55. The molecule has 0 aliphatic rings. The average Bonchev–Trinajstić information content (AvgIpc) is 2.59. The van der Waals surface area contributed by atoms with Crippen LogP contribution < -0.4 is 0 Å². The fourth-order valence-corrected chi connectivity index (χ4v) is 2.38. The van der Waals surface area contributed by atoms with Crippen LogP contribution in [0.25, 0.3) is 11.1 Å². The lowest BCUT2D eigenvalue weighted by Crippen LogP contribution is -1.78. The first-order valence-corrected chi connectivity index (χ1v) is 9.57. The van der Waals surface area contributed by atoms with Gasteiger partial charge in [-0.05, 0) is 47.9 Å². The molecule has 0 amide bonds. The van der Waals surface area contributed by atoms with Gasteiger partial charge in [0, 0.05) is 9.79 Å². The molecule has 0 bridgehead atoms. The van der Waals surface area contributed by atoms with E-state index in [0.717, 1.165) is 0 Å². The summed E-state index contributed by atoms with van der Waals surface area (Å²) in [6.07, 6.45) is 4.20. The van der Waals surface area contributed by atoms with Crippen LogP contribution in [0.4, 0.5) is 0 Å². The summed E-state index contributed by atoms with van der Waals surface area (Å²) in [7, 11) is 0. The molecule has 0 aliphatic carbocycles. The smallest absolute Gasteiger partial charge is 0.00695 e. The number of hydrogen-bond donors (Lipinski definition) is 0. The highest BCUT2D eigenvalue weighted by Gasteiger charge is 1.98. The van der Waals surface area contributed by atoms with Crippen molar-refractivity contribution < 1.29 is 0 Å². The van der Waals surface area contributed by atoms with Crippen LogP contribution in [-0.2, 0) is 0 Å². The highest BCUT2D eigenvalue weighted by atomic mass is 32.2. The van der Waals surface area contributed by atoms with Crippen LogP contribution in [0, 0.1) is 0 Å². The number of thioether (sulfide) groups is 2. The van der Waals surface area contributed by atoms with Crippen molar-refractivity contribution >= 4 is 23.5 Å². The Balaban J connectivity index is 0.000000829. The molecule has 110 valence electrons. The van der Waals surface area contributed by atoms with E-state index in [9.17, 15) is 0 Å². The molecule has 0 radical (unpaired) electrons. The number of benzene rings is 2. The second kappa shape index (κ2) is 11.9. The first-order valence-electron chi connectivity index (χ1n) is 7.12. The van der Waals surface area contributed by atoms with Gasteiger partial charge < -0.3 is 0 Å². The van der Waals surface area contributed by atoms with E-state index in [-0.39, 0.29) is 0 Å². The zero-order valence-electron chi connectivity index (χ0n) is 13.4. The number of hydrogen-bond acceptors (Lipinski definition) is 2. The van der Waals surface area contributed by atoms with Crippen LogP contribution in [0.2, 0.25) is 0 Å². The second-order valence-corrected chi connectivity index (χ2v) is 5.22. The van der Waals surface area contributed by atoms with Crippen molar-refractivity contribution in [1.29, 1.82) is 0 Å². The summed E-state index contributed by atoms with van der Waals surface area (Å²) < 4.78 is 0. The Morgan fingerprint density at radius 3 is 0.950 bits per heavy atom. The molecule has 0 spiro atoms. The topological polar surface area (TPSA) is 0 Å². The van der Waals surface area contributed by atoms with Crippen molar-refractivity contribution in [3.63, 3.8) is 0 Å². The Morgan fingerprint density at radius 2 is 0.750 bits per heavy atom. The largest absolute Gasteiger partial charge is 0.130 e. The lowest BCUT2D eigenvalue weighted by molar-refractivity contribution is 1.43. The Bertz CT molecular complexity index is 398. The van der Waals surface area contributed by atoms with Crippen molar-refractivity contribution in [2.45, 2.75) is 37.5 Å². The van der Waals surface area contributed by atoms with Crippen LogP contribution in [0.1, 0.15) is 27.7 Å². The molecule has 0 saturated carbocycles. The lowest BCUT2D eigenvalue weighted by Gasteiger charge is -2.04. The molecule has 0 nitrogen and oxygen atoms in total. The summed E-state index contributed by atoms with van der Waals surface area (Å²) in [4.78, 5) is 2.62. The first kappa shape index (κ1) is 19.1. The molecular formula is C18H26S2. The minimum Gasteiger partial charge on any atom is -0.130 e. The summed E-state index contributed by atoms with van der Waals surface area (Å²) in [5.74, 6) is 0. The average molecular weight is 307 g/mol. The molecule has 0 heterocycles. The third-order valence-electron chi connectivity index (χ3n) is 2.51. The fourth-order valence-electron chi connectivity index (χ4n) is 1.57. The third kappa shape index (κ3) is 6.06. The van der Waals surface area contributed by atoms with E-state index >= 15 is 0 Å². The standard InChI is InChI=1S/C14H14S2.2C2H6/c1-15-13-7-3-11(4-8-13)12-5-9-14(16-2)10-6-12;2*1-2/h3-10H,1-2H3;2*1-2H3. The fraction of sp³-hybridized carbons (Fsp3) is 0.333. The van der Waals surface area contributed by atoms with Crippen LogP contribution in [0.15, 0.2) is 58.3 Å². The molecule has 0 unspecified atom stereocenters. The van der Waals surface area contributed by atoms with Gasteiger partial charge in [-0.3, -0.25) is 0 Å². The lowest BCUT2D eigenvalue weighted by atomic mass is 10.1. The normalized spacial score (nSPS) is 8.90.